The Morgan fingerprint density at radius 1 is 0.966 bits per heavy atom. The van der Waals surface area contributed by atoms with Crippen molar-refractivity contribution in [1.82, 2.24) is 30.0 Å². The van der Waals surface area contributed by atoms with Gasteiger partial charge in [-0.25, -0.2) is 4.98 Å². The summed E-state index contributed by atoms with van der Waals surface area (Å²) in [5, 5.41) is 11.1. The molecule has 4 aromatic rings. The summed E-state index contributed by atoms with van der Waals surface area (Å²) in [6.45, 7) is 4.07. The zero-order valence-corrected chi connectivity index (χ0v) is 16.1. The Labute approximate surface area is 168 Å². The van der Waals surface area contributed by atoms with Crippen LogP contribution >= 0.6 is 0 Å². The maximum atomic E-state index is 5.66. The highest BCUT2D eigenvalue weighted by molar-refractivity contribution is 5.67. The standard InChI is InChI=1S/C21H19N7O/c1-14(28(2)3)15-6-8-16(9-7-15)18-12-23-13-19(25-18)20-26-27-21(29-20)24-17-5-4-10-22-11-17/h4-13H,1H2,2-3H3,(H,24,27). The van der Waals surface area contributed by atoms with Gasteiger partial charge in [0, 0.05) is 31.6 Å². The van der Waals surface area contributed by atoms with Crippen molar-refractivity contribution in [1.29, 1.82) is 0 Å². The van der Waals surface area contributed by atoms with Crippen LogP contribution in [0.3, 0.4) is 0 Å². The third kappa shape index (κ3) is 4.11. The lowest BCUT2D eigenvalue weighted by Crippen LogP contribution is -2.08. The number of rotatable bonds is 6. The molecule has 0 amide bonds. The maximum absolute atomic E-state index is 5.66. The van der Waals surface area contributed by atoms with Crippen molar-refractivity contribution < 1.29 is 4.42 Å². The molecule has 0 spiro atoms. The van der Waals surface area contributed by atoms with Crippen LogP contribution in [0.2, 0.25) is 0 Å². The molecule has 0 unspecified atom stereocenters. The number of hydrogen-bond donors (Lipinski definition) is 1. The van der Waals surface area contributed by atoms with Crippen LogP contribution in [0.4, 0.5) is 11.7 Å². The van der Waals surface area contributed by atoms with E-state index in [4.69, 9.17) is 4.42 Å². The molecule has 0 aliphatic carbocycles. The molecule has 144 valence electrons. The van der Waals surface area contributed by atoms with Crippen molar-refractivity contribution in [3.8, 4) is 22.8 Å². The summed E-state index contributed by atoms with van der Waals surface area (Å²) < 4.78 is 5.66. The molecule has 3 heterocycles. The minimum Gasteiger partial charge on any atom is -0.401 e. The second-order valence-corrected chi connectivity index (χ2v) is 6.49. The Balaban J connectivity index is 1.56. The van der Waals surface area contributed by atoms with E-state index < -0.39 is 0 Å². The Morgan fingerprint density at radius 3 is 2.48 bits per heavy atom. The Bertz CT molecular complexity index is 1120. The largest absolute Gasteiger partial charge is 0.401 e. The summed E-state index contributed by atoms with van der Waals surface area (Å²) in [6.07, 6.45) is 6.64. The van der Waals surface area contributed by atoms with Crippen LogP contribution in [0.5, 0.6) is 0 Å². The zero-order valence-electron chi connectivity index (χ0n) is 16.1. The molecule has 8 heteroatoms. The molecule has 0 aliphatic heterocycles. The number of benzene rings is 1. The summed E-state index contributed by atoms with van der Waals surface area (Å²) in [5.74, 6) is 0.281. The molecule has 0 atom stereocenters. The smallest absolute Gasteiger partial charge is 0.320 e. The van der Waals surface area contributed by atoms with Crippen LogP contribution in [0.15, 0.2) is 72.2 Å². The minimum atomic E-state index is 0.256. The maximum Gasteiger partial charge on any atom is 0.320 e. The SMILES string of the molecule is C=C(c1ccc(-c2cncc(-c3nnc(Nc4cccnc4)o3)n2)cc1)N(C)C. The predicted molar refractivity (Wildman–Crippen MR) is 111 cm³/mol. The molecule has 8 nitrogen and oxygen atoms in total. The monoisotopic (exact) mass is 385 g/mol. The van der Waals surface area contributed by atoms with E-state index in [1.807, 2.05) is 55.4 Å². The lowest BCUT2D eigenvalue weighted by molar-refractivity contribution is 0.585. The Hall–Kier alpha value is -4.07. The fraction of sp³-hybridized carbons (Fsp3) is 0.0952. The fourth-order valence-corrected chi connectivity index (χ4v) is 2.64. The summed E-state index contributed by atoms with van der Waals surface area (Å²) in [6, 6.07) is 11.9. The lowest BCUT2D eigenvalue weighted by atomic mass is 10.1. The predicted octanol–water partition coefficient (Wildman–Crippen LogP) is 3.86. The van der Waals surface area contributed by atoms with E-state index in [2.05, 4.69) is 37.0 Å². The molecule has 0 saturated heterocycles. The van der Waals surface area contributed by atoms with Crippen molar-refractivity contribution in [2.24, 2.45) is 0 Å². The average Bonchev–Trinajstić information content (AvgIpc) is 3.22. The number of nitrogens with zero attached hydrogens (tertiary/aromatic N) is 6. The van der Waals surface area contributed by atoms with Crippen LogP contribution in [-0.2, 0) is 0 Å². The molecule has 0 bridgehead atoms. The molecule has 0 radical (unpaired) electrons. The van der Waals surface area contributed by atoms with Gasteiger partial charge in [-0.15, -0.1) is 5.10 Å². The number of aromatic nitrogens is 5. The van der Waals surface area contributed by atoms with E-state index in [9.17, 15) is 0 Å². The van der Waals surface area contributed by atoms with Crippen LogP contribution in [0.1, 0.15) is 5.56 Å². The molecule has 0 saturated carbocycles. The molecule has 1 aromatic carbocycles. The second-order valence-electron chi connectivity index (χ2n) is 6.49. The first kappa shape index (κ1) is 18.3. The van der Waals surface area contributed by atoms with Gasteiger partial charge in [-0.1, -0.05) is 35.9 Å². The summed E-state index contributed by atoms with van der Waals surface area (Å²) in [5.41, 5.74) is 4.88. The van der Waals surface area contributed by atoms with E-state index in [0.29, 0.717) is 11.4 Å². The molecule has 29 heavy (non-hydrogen) atoms. The molecular formula is C21H19N7O. The highest BCUT2D eigenvalue weighted by Crippen LogP contribution is 2.24. The highest BCUT2D eigenvalue weighted by Gasteiger charge is 2.12. The molecule has 0 fully saturated rings. The summed E-state index contributed by atoms with van der Waals surface area (Å²) >= 11 is 0. The first-order valence-electron chi connectivity index (χ1n) is 8.90. The van der Waals surface area contributed by atoms with Gasteiger partial charge in [0.1, 0.15) is 5.69 Å². The van der Waals surface area contributed by atoms with Crippen molar-refractivity contribution >= 4 is 17.4 Å². The summed E-state index contributed by atoms with van der Waals surface area (Å²) in [7, 11) is 3.93. The molecule has 1 N–H and O–H groups in total. The first-order valence-corrected chi connectivity index (χ1v) is 8.90. The number of pyridine rings is 1. The van der Waals surface area contributed by atoms with Gasteiger partial charge in [0.25, 0.3) is 5.89 Å². The summed E-state index contributed by atoms with van der Waals surface area (Å²) in [4.78, 5) is 14.9. The molecular weight excluding hydrogens is 366 g/mol. The number of hydrogen-bond acceptors (Lipinski definition) is 8. The second kappa shape index (κ2) is 7.89. The van der Waals surface area contributed by atoms with Crippen molar-refractivity contribution in [2.75, 3.05) is 19.4 Å². The van der Waals surface area contributed by atoms with Crippen LogP contribution in [0, 0.1) is 0 Å². The van der Waals surface area contributed by atoms with E-state index in [1.54, 1.807) is 24.8 Å². The minimum absolute atomic E-state index is 0.256. The third-order valence-electron chi connectivity index (χ3n) is 4.25. The topological polar surface area (TPSA) is 92.9 Å². The average molecular weight is 385 g/mol. The van der Waals surface area contributed by atoms with Gasteiger partial charge >= 0.3 is 6.01 Å². The van der Waals surface area contributed by atoms with Gasteiger partial charge < -0.3 is 14.6 Å². The van der Waals surface area contributed by atoms with Crippen molar-refractivity contribution in [3.05, 3.63) is 73.3 Å². The van der Waals surface area contributed by atoms with Crippen LogP contribution < -0.4 is 5.32 Å². The zero-order chi connectivity index (χ0) is 20.2. The van der Waals surface area contributed by atoms with Gasteiger partial charge in [0.2, 0.25) is 0 Å². The molecule has 4 rings (SSSR count). The Morgan fingerprint density at radius 2 is 1.76 bits per heavy atom. The normalized spacial score (nSPS) is 10.6. The Kier molecular flexibility index (Phi) is 4.98. The van der Waals surface area contributed by atoms with Gasteiger partial charge in [-0.2, -0.15) is 0 Å². The van der Waals surface area contributed by atoms with Crippen molar-refractivity contribution in [2.45, 2.75) is 0 Å². The van der Waals surface area contributed by atoms with Crippen LogP contribution in [-0.4, -0.2) is 44.1 Å². The van der Waals surface area contributed by atoms with Gasteiger partial charge in [-0.3, -0.25) is 9.97 Å². The highest BCUT2D eigenvalue weighted by atomic mass is 16.4. The van der Waals surface area contributed by atoms with Gasteiger partial charge in [0.15, 0.2) is 0 Å². The number of nitrogens with one attached hydrogen (secondary N) is 1. The van der Waals surface area contributed by atoms with Crippen molar-refractivity contribution in [3.63, 3.8) is 0 Å². The fourth-order valence-electron chi connectivity index (χ4n) is 2.64. The van der Waals surface area contributed by atoms with E-state index in [0.717, 1.165) is 22.5 Å². The first-order chi connectivity index (χ1) is 14.1. The molecule has 3 aromatic heterocycles. The van der Waals surface area contributed by atoms with E-state index in [-0.39, 0.29) is 11.9 Å². The van der Waals surface area contributed by atoms with Crippen LogP contribution in [0.25, 0.3) is 28.5 Å². The van der Waals surface area contributed by atoms with Gasteiger partial charge in [-0.05, 0) is 17.7 Å². The number of anilines is 2. The lowest BCUT2D eigenvalue weighted by Gasteiger charge is -2.15. The third-order valence-corrected chi connectivity index (χ3v) is 4.25. The van der Waals surface area contributed by atoms with Gasteiger partial charge in [0.05, 0.1) is 30.0 Å². The quantitative estimate of drug-likeness (QED) is 0.535. The van der Waals surface area contributed by atoms with E-state index >= 15 is 0 Å². The van der Waals surface area contributed by atoms with E-state index in [1.165, 1.54) is 0 Å². The molecule has 0 aliphatic rings.